The van der Waals surface area contributed by atoms with Crippen LogP contribution in [0.4, 0.5) is 26.3 Å². The number of nitrogens with two attached hydrogens (primary N) is 1. The fourth-order valence-electron chi connectivity index (χ4n) is 1.27. The Morgan fingerprint density at radius 1 is 1.00 bits per heavy atom. The zero-order valence-electron chi connectivity index (χ0n) is 8.67. The molecule has 0 unspecified atom stereocenters. The Bertz CT molecular complexity index is 604. The maximum Gasteiger partial charge on any atom is 0.421 e. The molecule has 0 heterocycles. The van der Waals surface area contributed by atoms with Crippen molar-refractivity contribution in [3.8, 4) is 5.75 Å². The summed E-state index contributed by atoms with van der Waals surface area (Å²) in [6.07, 6.45) is -10.5. The molecule has 11 heteroatoms. The molecule has 19 heavy (non-hydrogen) atoms. The number of rotatable bonds is 1. The van der Waals surface area contributed by atoms with Crippen molar-refractivity contribution in [3.05, 3.63) is 23.3 Å². The monoisotopic (exact) mass is 309 g/mol. The van der Waals surface area contributed by atoms with Gasteiger partial charge in [0, 0.05) is 0 Å². The van der Waals surface area contributed by atoms with E-state index in [0.29, 0.717) is 0 Å². The zero-order chi connectivity index (χ0) is 15.2. The third kappa shape index (κ3) is 3.29. The van der Waals surface area contributed by atoms with Gasteiger partial charge in [-0.1, -0.05) is 0 Å². The lowest BCUT2D eigenvalue weighted by molar-refractivity contribution is -0.144. The van der Waals surface area contributed by atoms with Crippen LogP contribution in [0.2, 0.25) is 0 Å². The van der Waals surface area contributed by atoms with Crippen LogP contribution in [0, 0.1) is 0 Å². The second-order valence-corrected chi connectivity index (χ2v) is 4.94. The Labute approximate surface area is 102 Å². The summed E-state index contributed by atoms with van der Waals surface area (Å²) in [6.45, 7) is 0. The van der Waals surface area contributed by atoms with Gasteiger partial charge in [-0.2, -0.15) is 26.3 Å². The number of benzene rings is 1. The summed E-state index contributed by atoms with van der Waals surface area (Å²) in [5, 5.41) is 13.4. The standard InChI is InChI=1S/C8H5F6NO3S/c9-7(10,11)3-1-4(16)6(8(12,13)14)5(2-3)19(15,17)18/h1-2,16H,(H2,15,17,18). The Morgan fingerprint density at radius 3 is 1.79 bits per heavy atom. The number of phenolic OH excluding ortho intramolecular Hbond substituents is 1. The topological polar surface area (TPSA) is 80.4 Å². The van der Waals surface area contributed by atoms with Crippen molar-refractivity contribution in [3.63, 3.8) is 0 Å². The number of primary sulfonamides is 1. The lowest BCUT2D eigenvalue weighted by Gasteiger charge is -2.16. The average molecular weight is 309 g/mol. The SMILES string of the molecule is NS(=O)(=O)c1cc(C(F)(F)F)cc(O)c1C(F)(F)F. The van der Waals surface area contributed by atoms with Crippen molar-refractivity contribution < 1.29 is 39.9 Å². The summed E-state index contributed by atoms with van der Waals surface area (Å²) in [6, 6.07) is -0.505. The zero-order valence-corrected chi connectivity index (χ0v) is 9.49. The van der Waals surface area contributed by atoms with Gasteiger partial charge in [0.15, 0.2) is 0 Å². The molecule has 0 atom stereocenters. The van der Waals surface area contributed by atoms with Gasteiger partial charge in [-0.05, 0) is 12.1 Å². The van der Waals surface area contributed by atoms with E-state index in [9.17, 15) is 34.8 Å². The fraction of sp³-hybridized carbons (Fsp3) is 0.250. The second-order valence-electron chi connectivity index (χ2n) is 3.41. The molecule has 0 aliphatic rings. The molecule has 0 saturated heterocycles. The van der Waals surface area contributed by atoms with Crippen LogP contribution in [0.5, 0.6) is 5.75 Å². The molecule has 3 N–H and O–H groups in total. The first kappa shape index (κ1) is 15.6. The predicted molar refractivity (Wildman–Crippen MR) is 49.5 cm³/mol. The highest BCUT2D eigenvalue weighted by molar-refractivity contribution is 7.89. The first-order valence-electron chi connectivity index (χ1n) is 4.29. The number of hydrogen-bond donors (Lipinski definition) is 2. The molecule has 4 nitrogen and oxygen atoms in total. The Morgan fingerprint density at radius 2 is 1.47 bits per heavy atom. The average Bonchev–Trinajstić information content (AvgIpc) is 2.11. The maximum atomic E-state index is 12.5. The molecule has 0 aliphatic heterocycles. The van der Waals surface area contributed by atoms with E-state index in [0.717, 1.165) is 0 Å². The van der Waals surface area contributed by atoms with E-state index in [2.05, 4.69) is 5.14 Å². The van der Waals surface area contributed by atoms with Crippen LogP contribution in [0.15, 0.2) is 17.0 Å². The molecule has 0 amide bonds. The first-order valence-corrected chi connectivity index (χ1v) is 5.83. The molecule has 0 saturated carbocycles. The Balaban J connectivity index is 3.79. The summed E-state index contributed by atoms with van der Waals surface area (Å²) in [5.74, 6) is -1.87. The summed E-state index contributed by atoms with van der Waals surface area (Å²) < 4.78 is 96.4. The first-order chi connectivity index (χ1) is 8.24. The van der Waals surface area contributed by atoms with E-state index in [4.69, 9.17) is 5.11 Å². The minimum absolute atomic E-state index is 0.225. The van der Waals surface area contributed by atoms with Crippen LogP contribution < -0.4 is 5.14 Å². The smallest absolute Gasteiger partial charge is 0.421 e. The van der Waals surface area contributed by atoms with E-state index >= 15 is 0 Å². The minimum atomic E-state index is -5.38. The number of sulfonamides is 1. The van der Waals surface area contributed by atoms with Gasteiger partial charge in [0.2, 0.25) is 10.0 Å². The fourth-order valence-corrected chi connectivity index (χ4v) is 2.07. The molecule has 0 bridgehead atoms. The predicted octanol–water partition coefficient (Wildman–Crippen LogP) is 2.08. The largest absolute Gasteiger partial charge is 0.507 e. The molecule has 0 aromatic heterocycles. The van der Waals surface area contributed by atoms with Gasteiger partial charge in [-0.3, -0.25) is 0 Å². The van der Waals surface area contributed by atoms with Crippen molar-refractivity contribution in [2.75, 3.05) is 0 Å². The van der Waals surface area contributed by atoms with E-state index in [-0.39, 0.29) is 12.1 Å². The quantitative estimate of drug-likeness (QED) is 0.779. The van der Waals surface area contributed by atoms with E-state index < -0.39 is 44.1 Å². The van der Waals surface area contributed by atoms with Crippen molar-refractivity contribution >= 4 is 10.0 Å². The summed E-state index contributed by atoms with van der Waals surface area (Å²) in [7, 11) is -5.10. The molecule has 0 radical (unpaired) electrons. The third-order valence-electron chi connectivity index (χ3n) is 2.00. The van der Waals surface area contributed by atoms with Crippen molar-refractivity contribution in [2.24, 2.45) is 5.14 Å². The van der Waals surface area contributed by atoms with Crippen LogP contribution in [0.25, 0.3) is 0 Å². The molecular formula is C8H5F6NO3S. The van der Waals surface area contributed by atoms with E-state index in [1.165, 1.54) is 0 Å². The molecule has 0 fully saturated rings. The number of halogens is 6. The molecule has 1 rings (SSSR count). The van der Waals surface area contributed by atoms with Gasteiger partial charge < -0.3 is 5.11 Å². The highest BCUT2D eigenvalue weighted by Gasteiger charge is 2.42. The molecule has 1 aromatic carbocycles. The van der Waals surface area contributed by atoms with Gasteiger partial charge in [0.1, 0.15) is 11.3 Å². The van der Waals surface area contributed by atoms with Gasteiger partial charge >= 0.3 is 12.4 Å². The Hall–Kier alpha value is -1.49. The lowest BCUT2D eigenvalue weighted by Crippen LogP contribution is -2.20. The lowest BCUT2D eigenvalue weighted by atomic mass is 10.1. The van der Waals surface area contributed by atoms with Crippen LogP contribution in [-0.2, 0) is 22.4 Å². The maximum absolute atomic E-state index is 12.5. The summed E-state index contributed by atoms with van der Waals surface area (Å²) >= 11 is 0. The van der Waals surface area contributed by atoms with Crippen LogP contribution in [0.1, 0.15) is 11.1 Å². The molecule has 1 aromatic rings. The normalized spacial score (nSPS) is 13.6. The van der Waals surface area contributed by atoms with Crippen LogP contribution in [0.3, 0.4) is 0 Å². The highest BCUT2D eigenvalue weighted by Crippen LogP contribution is 2.43. The molecule has 0 aliphatic carbocycles. The van der Waals surface area contributed by atoms with Crippen molar-refractivity contribution in [1.82, 2.24) is 0 Å². The summed E-state index contributed by atoms with van der Waals surface area (Å²) in [5.41, 5.74) is -3.90. The highest BCUT2D eigenvalue weighted by atomic mass is 32.2. The summed E-state index contributed by atoms with van der Waals surface area (Å²) in [4.78, 5) is -1.84. The van der Waals surface area contributed by atoms with Gasteiger partial charge in [-0.15, -0.1) is 0 Å². The van der Waals surface area contributed by atoms with Gasteiger partial charge in [0.05, 0.1) is 10.5 Å². The number of hydrogen-bond acceptors (Lipinski definition) is 3. The number of alkyl halides is 6. The molecule has 0 spiro atoms. The second kappa shape index (κ2) is 4.27. The number of phenols is 1. The third-order valence-corrected chi connectivity index (χ3v) is 2.93. The Kier molecular flexibility index (Phi) is 3.50. The van der Waals surface area contributed by atoms with Gasteiger partial charge in [-0.25, -0.2) is 13.6 Å². The van der Waals surface area contributed by atoms with Crippen molar-refractivity contribution in [1.29, 1.82) is 0 Å². The van der Waals surface area contributed by atoms with Crippen molar-refractivity contribution in [2.45, 2.75) is 17.2 Å². The van der Waals surface area contributed by atoms with E-state index in [1.807, 2.05) is 0 Å². The number of aromatic hydroxyl groups is 1. The minimum Gasteiger partial charge on any atom is -0.507 e. The molecule has 108 valence electrons. The molecular weight excluding hydrogens is 304 g/mol. The van der Waals surface area contributed by atoms with E-state index in [1.54, 1.807) is 0 Å². The van der Waals surface area contributed by atoms with Crippen LogP contribution >= 0.6 is 0 Å². The van der Waals surface area contributed by atoms with Gasteiger partial charge in [0.25, 0.3) is 0 Å². The van der Waals surface area contributed by atoms with Crippen LogP contribution in [-0.4, -0.2) is 13.5 Å².